The van der Waals surface area contributed by atoms with Gasteiger partial charge in [-0.2, -0.15) is 0 Å². The van der Waals surface area contributed by atoms with Gasteiger partial charge in [0.25, 0.3) is 5.91 Å². The van der Waals surface area contributed by atoms with Crippen LogP contribution in [0.3, 0.4) is 0 Å². The first-order valence-electron chi connectivity index (χ1n) is 6.95. The Hall–Kier alpha value is -1.85. The average Bonchev–Trinajstić information content (AvgIpc) is 2.75. The second-order valence-corrected chi connectivity index (χ2v) is 5.40. The number of hydrogen-bond acceptors (Lipinski definition) is 4. The van der Waals surface area contributed by atoms with Gasteiger partial charge in [0.15, 0.2) is 0 Å². The number of nitrogens with zero attached hydrogens (tertiary/aromatic N) is 2. The molecular weight excluding hydrogens is 258 g/mol. The fourth-order valence-corrected chi connectivity index (χ4v) is 2.65. The molecule has 1 aliphatic rings. The monoisotopic (exact) mass is 279 g/mol. The number of aryl methyl sites for hydroxylation is 2. The maximum atomic E-state index is 12.5. The molecule has 6 heteroatoms. The zero-order valence-electron chi connectivity index (χ0n) is 12.2. The molecule has 2 heterocycles. The van der Waals surface area contributed by atoms with E-state index < -0.39 is 0 Å². The molecule has 20 heavy (non-hydrogen) atoms. The van der Waals surface area contributed by atoms with E-state index in [1.165, 1.54) is 6.92 Å². The van der Waals surface area contributed by atoms with Crippen LogP contribution in [-0.2, 0) is 4.79 Å². The third-order valence-electron chi connectivity index (χ3n) is 3.69. The SMILES string of the molecule is CC(=O)NC[C@H]1CCCN(C(=O)c2c(C)noc2C)C1. The fraction of sp³-hybridized carbons (Fsp3) is 0.643. The summed E-state index contributed by atoms with van der Waals surface area (Å²) in [4.78, 5) is 25.3. The van der Waals surface area contributed by atoms with Crippen molar-refractivity contribution >= 4 is 11.8 Å². The van der Waals surface area contributed by atoms with Crippen molar-refractivity contribution in [1.29, 1.82) is 0 Å². The largest absolute Gasteiger partial charge is 0.361 e. The van der Waals surface area contributed by atoms with Gasteiger partial charge in [0.05, 0.1) is 5.69 Å². The first kappa shape index (κ1) is 14.6. The van der Waals surface area contributed by atoms with Gasteiger partial charge in [-0.3, -0.25) is 9.59 Å². The highest BCUT2D eigenvalue weighted by molar-refractivity contribution is 5.96. The van der Waals surface area contributed by atoms with Crippen LogP contribution in [-0.4, -0.2) is 41.5 Å². The number of aromatic nitrogens is 1. The standard InChI is InChI=1S/C14H21N3O3/c1-9-13(10(2)20-16-9)14(19)17-6-4-5-12(8-17)7-15-11(3)18/h12H,4-8H2,1-3H3,(H,15,18)/t12-/m1/s1. The predicted octanol–water partition coefficient (Wildman–Crippen LogP) is 1.28. The lowest BCUT2D eigenvalue weighted by Gasteiger charge is -2.32. The van der Waals surface area contributed by atoms with E-state index in [4.69, 9.17) is 4.52 Å². The van der Waals surface area contributed by atoms with Gasteiger partial charge in [0, 0.05) is 26.6 Å². The molecule has 0 saturated carbocycles. The number of piperidine rings is 1. The van der Waals surface area contributed by atoms with Gasteiger partial charge >= 0.3 is 0 Å². The van der Waals surface area contributed by atoms with Gasteiger partial charge < -0.3 is 14.7 Å². The maximum Gasteiger partial charge on any atom is 0.259 e. The lowest BCUT2D eigenvalue weighted by Crippen LogP contribution is -2.43. The molecule has 0 aromatic carbocycles. The van der Waals surface area contributed by atoms with E-state index in [0.717, 1.165) is 19.4 Å². The second-order valence-electron chi connectivity index (χ2n) is 5.40. The molecule has 0 aliphatic carbocycles. The van der Waals surface area contributed by atoms with E-state index >= 15 is 0 Å². The minimum absolute atomic E-state index is 0.0197. The van der Waals surface area contributed by atoms with Crippen molar-refractivity contribution in [2.24, 2.45) is 5.92 Å². The van der Waals surface area contributed by atoms with E-state index in [2.05, 4.69) is 10.5 Å². The van der Waals surface area contributed by atoms with Gasteiger partial charge in [-0.15, -0.1) is 0 Å². The van der Waals surface area contributed by atoms with Crippen LogP contribution in [0.25, 0.3) is 0 Å². The lowest BCUT2D eigenvalue weighted by atomic mass is 9.97. The first-order chi connectivity index (χ1) is 9.49. The Morgan fingerprint density at radius 3 is 2.80 bits per heavy atom. The Kier molecular flexibility index (Phi) is 4.42. The molecule has 0 unspecified atom stereocenters. The molecule has 110 valence electrons. The van der Waals surface area contributed by atoms with Crippen molar-refractivity contribution < 1.29 is 14.1 Å². The van der Waals surface area contributed by atoms with E-state index in [-0.39, 0.29) is 11.8 Å². The summed E-state index contributed by atoms with van der Waals surface area (Å²) in [6.07, 6.45) is 1.99. The smallest absolute Gasteiger partial charge is 0.259 e. The highest BCUT2D eigenvalue weighted by atomic mass is 16.5. The molecule has 1 aromatic heterocycles. The lowest BCUT2D eigenvalue weighted by molar-refractivity contribution is -0.119. The quantitative estimate of drug-likeness (QED) is 0.904. The molecule has 1 fully saturated rings. The van der Waals surface area contributed by atoms with Crippen LogP contribution >= 0.6 is 0 Å². The predicted molar refractivity (Wildman–Crippen MR) is 73.3 cm³/mol. The number of nitrogens with one attached hydrogen (secondary N) is 1. The first-order valence-corrected chi connectivity index (χ1v) is 6.95. The molecule has 2 amide bonds. The Morgan fingerprint density at radius 1 is 1.45 bits per heavy atom. The minimum Gasteiger partial charge on any atom is -0.361 e. The Morgan fingerprint density at radius 2 is 2.20 bits per heavy atom. The molecule has 1 aromatic rings. The van der Waals surface area contributed by atoms with Gasteiger partial charge in [-0.25, -0.2) is 0 Å². The summed E-state index contributed by atoms with van der Waals surface area (Å²) >= 11 is 0. The molecule has 0 bridgehead atoms. The molecule has 1 aliphatic heterocycles. The summed E-state index contributed by atoms with van der Waals surface area (Å²) in [5.41, 5.74) is 1.21. The topological polar surface area (TPSA) is 75.4 Å². The molecule has 1 atom stereocenters. The molecule has 1 saturated heterocycles. The summed E-state index contributed by atoms with van der Waals surface area (Å²) in [6.45, 7) is 7.09. The van der Waals surface area contributed by atoms with Crippen LogP contribution < -0.4 is 5.32 Å². The number of amides is 2. The van der Waals surface area contributed by atoms with Crippen molar-refractivity contribution in [2.75, 3.05) is 19.6 Å². The third-order valence-corrected chi connectivity index (χ3v) is 3.69. The molecule has 1 N–H and O–H groups in total. The van der Waals surface area contributed by atoms with E-state index in [9.17, 15) is 9.59 Å². The number of likely N-dealkylation sites (tertiary alicyclic amines) is 1. The Labute approximate surface area is 118 Å². The number of hydrogen-bond donors (Lipinski definition) is 1. The van der Waals surface area contributed by atoms with Gasteiger partial charge in [0.2, 0.25) is 5.91 Å². The zero-order chi connectivity index (χ0) is 14.7. The summed E-state index contributed by atoms with van der Waals surface area (Å²) < 4.78 is 5.06. The van der Waals surface area contributed by atoms with Gasteiger partial charge in [0.1, 0.15) is 11.3 Å². The summed E-state index contributed by atoms with van der Waals surface area (Å²) in [5, 5.41) is 6.66. The maximum absolute atomic E-state index is 12.5. The average molecular weight is 279 g/mol. The Balaban J connectivity index is 2.02. The van der Waals surface area contributed by atoms with E-state index in [1.54, 1.807) is 13.8 Å². The van der Waals surface area contributed by atoms with Gasteiger partial charge in [-0.05, 0) is 32.6 Å². The van der Waals surface area contributed by atoms with E-state index in [0.29, 0.717) is 36.0 Å². The van der Waals surface area contributed by atoms with Crippen molar-refractivity contribution in [3.8, 4) is 0 Å². The zero-order valence-corrected chi connectivity index (χ0v) is 12.2. The third kappa shape index (κ3) is 3.18. The fourth-order valence-electron chi connectivity index (χ4n) is 2.65. The molecule has 2 rings (SSSR count). The van der Waals surface area contributed by atoms with Crippen molar-refractivity contribution in [3.05, 3.63) is 17.0 Å². The van der Waals surface area contributed by atoms with Crippen LogP contribution in [0.4, 0.5) is 0 Å². The van der Waals surface area contributed by atoms with Crippen LogP contribution in [0.5, 0.6) is 0 Å². The van der Waals surface area contributed by atoms with Crippen LogP contribution in [0.15, 0.2) is 4.52 Å². The highest BCUT2D eigenvalue weighted by Gasteiger charge is 2.28. The highest BCUT2D eigenvalue weighted by Crippen LogP contribution is 2.21. The molecule has 6 nitrogen and oxygen atoms in total. The minimum atomic E-state index is -0.0285. The second kappa shape index (κ2) is 6.07. The van der Waals surface area contributed by atoms with Crippen LogP contribution in [0.1, 0.15) is 41.6 Å². The van der Waals surface area contributed by atoms with Crippen LogP contribution in [0, 0.1) is 19.8 Å². The van der Waals surface area contributed by atoms with Gasteiger partial charge in [-0.1, -0.05) is 5.16 Å². The van der Waals surface area contributed by atoms with Crippen molar-refractivity contribution in [3.63, 3.8) is 0 Å². The van der Waals surface area contributed by atoms with Crippen molar-refractivity contribution in [2.45, 2.75) is 33.6 Å². The number of carbonyl (C=O) groups is 2. The summed E-state index contributed by atoms with van der Waals surface area (Å²) in [6, 6.07) is 0. The summed E-state index contributed by atoms with van der Waals surface area (Å²) in [7, 11) is 0. The van der Waals surface area contributed by atoms with Crippen molar-refractivity contribution in [1.82, 2.24) is 15.4 Å². The molecule has 0 radical (unpaired) electrons. The molecular formula is C14H21N3O3. The van der Waals surface area contributed by atoms with Crippen LogP contribution in [0.2, 0.25) is 0 Å². The summed E-state index contributed by atoms with van der Waals surface area (Å²) in [5.74, 6) is 0.835. The van der Waals surface area contributed by atoms with E-state index in [1.807, 2.05) is 4.90 Å². The number of carbonyl (C=O) groups excluding carboxylic acids is 2. The molecule has 0 spiro atoms. The Bertz CT molecular complexity index is 490. The normalized spacial score (nSPS) is 18.9. The number of rotatable bonds is 3.